The molecule has 2 rings (SSSR count). The van der Waals surface area contributed by atoms with E-state index in [-0.39, 0.29) is 11.9 Å². The van der Waals surface area contributed by atoms with Crippen LogP contribution in [0.3, 0.4) is 0 Å². The van der Waals surface area contributed by atoms with Crippen LogP contribution in [0.1, 0.15) is 44.6 Å². The van der Waals surface area contributed by atoms with Gasteiger partial charge in [-0.15, -0.1) is 0 Å². The van der Waals surface area contributed by atoms with Gasteiger partial charge in [0.05, 0.1) is 13.0 Å². The molecule has 1 aromatic carbocycles. The summed E-state index contributed by atoms with van der Waals surface area (Å²) in [6, 6.07) is 8.37. The Morgan fingerprint density at radius 1 is 1.38 bits per heavy atom. The van der Waals surface area contributed by atoms with Crippen molar-refractivity contribution >= 4 is 5.91 Å². The van der Waals surface area contributed by atoms with Crippen molar-refractivity contribution in [3.05, 3.63) is 29.8 Å². The van der Waals surface area contributed by atoms with Crippen molar-refractivity contribution < 1.29 is 9.53 Å². The number of carbonyl (C=O) groups excluding carboxylic acids is 1. The topological polar surface area (TPSA) is 50.4 Å². The van der Waals surface area contributed by atoms with Crippen LogP contribution in [0.15, 0.2) is 24.3 Å². The molecule has 0 radical (unpaired) electrons. The first-order valence-corrected chi connectivity index (χ1v) is 7.88. The molecule has 1 aromatic rings. The van der Waals surface area contributed by atoms with E-state index in [1.807, 2.05) is 12.1 Å². The Morgan fingerprint density at radius 2 is 2.14 bits per heavy atom. The molecule has 0 spiro atoms. The van der Waals surface area contributed by atoms with Crippen molar-refractivity contribution in [3.63, 3.8) is 0 Å². The van der Waals surface area contributed by atoms with E-state index in [2.05, 4.69) is 36.6 Å². The lowest BCUT2D eigenvalue weighted by Crippen LogP contribution is -2.45. The first kappa shape index (κ1) is 15.8. The maximum absolute atomic E-state index is 11.8. The number of piperidine rings is 1. The Labute approximate surface area is 127 Å². The predicted molar refractivity (Wildman–Crippen MR) is 84.7 cm³/mol. The molecule has 0 bridgehead atoms. The van der Waals surface area contributed by atoms with Gasteiger partial charge in [-0.05, 0) is 43.0 Å². The van der Waals surface area contributed by atoms with Crippen molar-refractivity contribution in [1.29, 1.82) is 0 Å². The van der Waals surface area contributed by atoms with E-state index in [0.29, 0.717) is 18.9 Å². The number of nitrogens with one attached hydrogen (secondary N) is 2. The van der Waals surface area contributed by atoms with Gasteiger partial charge in [-0.2, -0.15) is 0 Å². The second-order valence-corrected chi connectivity index (χ2v) is 5.93. The summed E-state index contributed by atoms with van der Waals surface area (Å²) in [6.45, 7) is 6.69. The van der Waals surface area contributed by atoms with Crippen LogP contribution in [0.2, 0.25) is 0 Å². The molecule has 2 N–H and O–H groups in total. The zero-order valence-corrected chi connectivity index (χ0v) is 13.0. The third-order valence-corrected chi connectivity index (χ3v) is 3.81. The van der Waals surface area contributed by atoms with Crippen LogP contribution in [0.5, 0.6) is 5.75 Å². The lowest BCUT2D eigenvalue weighted by molar-refractivity contribution is -0.122. The summed E-state index contributed by atoms with van der Waals surface area (Å²) in [6.07, 6.45) is 2.60. The molecule has 21 heavy (non-hydrogen) atoms. The van der Waals surface area contributed by atoms with E-state index in [0.717, 1.165) is 31.7 Å². The highest BCUT2D eigenvalue weighted by Crippen LogP contribution is 2.18. The first-order valence-electron chi connectivity index (χ1n) is 7.88. The van der Waals surface area contributed by atoms with Gasteiger partial charge in [-0.3, -0.25) is 4.79 Å². The smallest absolute Gasteiger partial charge is 0.223 e. The van der Waals surface area contributed by atoms with Gasteiger partial charge >= 0.3 is 0 Å². The Kier molecular flexibility index (Phi) is 6.05. The molecule has 1 aliphatic rings. The van der Waals surface area contributed by atoms with Crippen LogP contribution in [-0.4, -0.2) is 31.6 Å². The van der Waals surface area contributed by atoms with Crippen LogP contribution in [-0.2, 0) is 4.79 Å². The molecule has 0 aliphatic carbocycles. The van der Waals surface area contributed by atoms with Crippen molar-refractivity contribution in [2.75, 3.05) is 19.7 Å². The molecular weight excluding hydrogens is 264 g/mol. The van der Waals surface area contributed by atoms with E-state index >= 15 is 0 Å². The zero-order valence-electron chi connectivity index (χ0n) is 13.0. The summed E-state index contributed by atoms with van der Waals surface area (Å²) in [4.78, 5) is 11.8. The van der Waals surface area contributed by atoms with Crippen LogP contribution in [0, 0.1) is 0 Å². The van der Waals surface area contributed by atoms with Gasteiger partial charge in [0.2, 0.25) is 5.91 Å². The molecule has 1 amide bonds. The van der Waals surface area contributed by atoms with E-state index in [1.165, 1.54) is 5.56 Å². The molecule has 0 unspecified atom stereocenters. The van der Waals surface area contributed by atoms with E-state index in [1.54, 1.807) is 0 Å². The summed E-state index contributed by atoms with van der Waals surface area (Å²) in [5, 5.41) is 6.34. The number of benzene rings is 1. The second kappa shape index (κ2) is 8.03. The summed E-state index contributed by atoms with van der Waals surface area (Å²) >= 11 is 0. The highest BCUT2D eigenvalue weighted by atomic mass is 16.5. The minimum Gasteiger partial charge on any atom is -0.493 e. The number of amides is 1. The van der Waals surface area contributed by atoms with Gasteiger partial charge in [0.15, 0.2) is 0 Å². The minimum atomic E-state index is 0.0718. The molecule has 1 saturated heterocycles. The summed E-state index contributed by atoms with van der Waals surface area (Å²) in [7, 11) is 0. The third-order valence-electron chi connectivity index (χ3n) is 3.81. The minimum absolute atomic E-state index is 0.0718. The number of hydrogen-bond donors (Lipinski definition) is 2. The van der Waals surface area contributed by atoms with E-state index in [4.69, 9.17) is 4.74 Å². The van der Waals surface area contributed by atoms with E-state index in [9.17, 15) is 4.79 Å². The van der Waals surface area contributed by atoms with Crippen molar-refractivity contribution in [1.82, 2.24) is 10.6 Å². The second-order valence-electron chi connectivity index (χ2n) is 5.93. The molecule has 0 aromatic heterocycles. The molecule has 1 heterocycles. The maximum atomic E-state index is 11.8. The quantitative estimate of drug-likeness (QED) is 0.846. The molecule has 1 atom stereocenters. The fourth-order valence-corrected chi connectivity index (χ4v) is 2.49. The Hall–Kier alpha value is -1.55. The standard InChI is InChI=1S/C17H26N2O2/c1-13(2)14-5-7-16(8-6-14)21-11-9-17(20)19-15-4-3-10-18-12-15/h5-8,13,15,18H,3-4,9-12H2,1-2H3,(H,19,20)/t15-/m0/s1. The fraction of sp³-hybridized carbons (Fsp3) is 0.588. The van der Waals surface area contributed by atoms with Gasteiger partial charge in [0.25, 0.3) is 0 Å². The number of ether oxygens (including phenoxy) is 1. The van der Waals surface area contributed by atoms with Crippen molar-refractivity contribution in [3.8, 4) is 5.75 Å². The number of hydrogen-bond acceptors (Lipinski definition) is 3. The lowest BCUT2D eigenvalue weighted by Gasteiger charge is -2.23. The molecule has 4 heteroatoms. The van der Waals surface area contributed by atoms with Crippen LogP contribution >= 0.6 is 0 Å². The highest BCUT2D eigenvalue weighted by Gasteiger charge is 2.14. The third kappa shape index (κ3) is 5.38. The Morgan fingerprint density at radius 3 is 2.76 bits per heavy atom. The Balaban J connectivity index is 1.67. The SMILES string of the molecule is CC(C)c1ccc(OCCC(=O)N[C@H]2CCCNC2)cc1. The summed E-state index contributed by atoms with van der Waals surface area (Å²) in [5.74, 6) is 1.42. The largest absolute Gasteiger partial charge is 0.493 e. The lowest BCUT2D eigenvalue weighted by atomic mass is 10.0. The van der Waals surface area contributed by atoms with E-state index < -0.39 is 0 Å². The van der Waals surface area contributed by atoms with Gasteiger partial charge in [0, 0.05) is 12.6 Å². The number of carbonyl (C=O) groups is 1. The molecule has 0 saturated carbocycles. The molecular formula is C17H26N2O2. The Bertz CT molecular complexity index is 437. The van der Waals surface area contributed by atoms with Gasteiger partial charge in [-0.1, -0.05) is 26.0 Å². The van der Waals surface area contributed by atoms with Crippen molar-refractivity contribution in [2.24, 2.45) is 0 Å². The van der Waals surface area contributed by atoms with Crippen LogP contribution < -0.4 is 15.4 Å². The van der Waals surface area contributed by atoms with Crippen molar-refractivity contribution in [2.45, 2.75) is 45.1 Å². The zero-order chi connectivity index (χ0) is 15.1. The summed E-state index contributed by atoms with van der Waals surface area (Å²) in [5.41, 5.74) is 1.30. The normalized spacial score (nSPS) is 18.5. The highest BCUT2D eigenvalue weighted by molar-refractivity contribution is 5.76. The average Bonchev–Trinajstić information content (AvgIpc) is 2.49. The average molecular weight is 290 g/mol. The van der Waals surface area contributed by atoms with Crippen LogP contribution in [0.4, 0.5) is 0 Å². The van der Waals surface area contributed by atoms with Gasteiger partial charge in [0.1, 0.15) is 5.75 Å². The molecule has 1 fully saturated rings. The monoisotopic (exact) mass is 290 g/mol. The molecule has 1 aliphatic heterocycles. The predicted octanol–water partition coefficient (Wildman–Crippen LogP) is 2.45. The van der Waals surface area contributed by atoms with Gasteiger partial charge < -0.3 is 15.4 Å². The fourth-order valence-electron chi connectivity index (χ4n) is 2.49. The van der Waals surface area contributed by atoms with Crippen LogP contribution in [0.25, 0.3) is 0 Å². The van der Waals surface area contributed by atoms with Gasteiger partial charge in [-0.25, -0.2) is 0 Å². The maximum Gasteiger partial charge on any atom is 0.223 e. The molecule has 4 nitrogen and oxygen atoms in total. The molecule has 116 valence electrons. The number of rotatable bonds is 6. The first-order chi connectivity index (χ1) is 10.1. The summed E-state index contributed by atoms with van der Waals surface area (Å²) < 4.78 is 5.62.